The molecular formula is C29H32FN7O3S. The molecule has 0 atom stereocenters. The first-order valence-corrected chi connectivity index (χ1v) is 14.1. The summed E-state index contributed by atoms with van der Waals surface area (Å²) in [5, 5.41) is 6.97. The van der Waals surface area contributed by atoms with E-state index in [0.29, 0.717) is 43.3 Å². The number of nitrogens with zero attached hydrogens (tertiary/aromatic N) is 5. The van der Waals surface area contributed by atoms with Gasteiger partial charge in [0.25, 0.3) is 0 Å². The number of pyridine rings is 1. The highest BCUT2D eigenvalue weighted by molar-refractivity contribution is 7.22. The van der Waals surface area contributed by atoms with E-state index < -0.39 is 17.6 Å². The van der Waals surface area contributed by atoms with Gasteiger partial charge in [0.2, 0.25) is 11.9 Å². The van der Waals surface area contributed by atoms with E-state index in [1.54, 1.807) is 29.5 Å². The number of benzene rings is 1. The number of thiophene rings is 1. The van der Waals surface area contributed by atoms with Crippen LogP contribution >= 0.6 is 11.3 Å². The first-order valence-electron chi connectivity index (χ1n) is 13.3. The number of anilines is 1. The minimum atomic E-state index is -0.630. The molecule has 214 valence electrons. The highest BCUT2D eigenvalue weighted by atomic mass is 32.1. The summed E-state index contributed by atoms with van der Waals surface area (Å²) in [5.41, 5.74) is 2.31. The molecule has 12 heteroatoms. The molecule has 4 aromatic rings. The van der Waals surface area contributed by atoms with Crippen LogP contribution in [0.25, 0.3) is 31.8 Å². The number of nitrogens with one attached hydrogen (secondary N) is 2. The number of hydrogen-bond acceptors (Lipinski definition) is 8. The van der Waals surface area contributed by atoms with Gasteiger partial charge in [-0.3, -0.25) is 0 Å². The van der Waals surface area contributed by atoms with Crippen LogP contribution in [0, 0.1) is 5.95 Å². The number of amides is 3. The second-order valence-corrected chi connectivity index (χ2v) is 11.8. The average Bonchev–Trinajstić information content (AvgIpc) is 3.55. The third kappa shape index (κ3) is 6.71. The van der Waals surface area contributed by atoms with Crippen molar-refractivity contribution >= 4 is 39.5 Å². The number of carbonyl (C=O) groups excluding carboxylic acids is 2. The van der Waals surface area contributed by atoms with E-state index in [9.17, 15) is 14.0 Å². The Morgan fingerprint density at radius 1 is 1.22 bits per heavy atom. The predicted octanol–water partition coefficient (Wildman–Crippen LogP) is 5.36. The summed E-state index contributed by atoms with van der Waals surface area (Å²) < 4.78 is 20.9. The Hall–Kier alpha value is -4.32. The van der Waals surface area contributed by atoms with Gasteiger partial charge in [0.1, 0.15) is 5.60 Å². The molecule has 2 N–H and O–H groups in total. The van der Waals surface area contributed by atoms with Crippen LogP contribution in [0.15, 0.2) is 48.8 Å². The Kier molecular flexibility index (Phi) is 8.02. The Bertz CT molecular complexity index is 1590. The number of urea groups is 1. The van der Waals surface area contributed by atoms with Gasteiger partial charge >= 0.3 is 12.1 Å². The van der Waals surface area contributed by atoms with Crippen molar-refractivity contribution in [2.75, 3.05) is 38.5 Å². The molecule has 1 aliphatic rings. The lowest BCUT2D eigenvalue weighted by Gasteiger charge is -2.25. The van der Waals surface area contributed by atoms with Gasteiger partial charge in [-0.2, -0.15) is 4.39 Å². The van der Waals surface area contributed by atoms with Crippen LogP contribution < -0.4 is 10.6 Å². The molecule has 1 aliphatic heterocycles. The molecular weight excluding hydrogens is 545 g/mol. The minimum Gasteiger partial charge on any atom is -0.444 e. The van der Waals surface area contributed by atoms with E-state index in [0.717, 1.165) is 26.2 Å². The number of hydrogen-bond donors (Lipinski definition) is 2. The van der Waals surface area contributed by atoms with Crippen molar-refractivity contribution in [1.82, 2.24) is 30.1 Å². The van der Waals surface area contributed by atoms with E-state index in [1.165, 1.54) is 17.2 Å². The Labute approximate surface area is 241 Å². The summed E-state index contributed by atoms with van der Waals surface area (Å²) in [4.78, 5) is 41.3. The van der Waals surface area contributed by atoms with E-state index in [1.807, 2.05) is 51.1 Å². The average molecular weight is 578 g/mol. The molecule has 1 fully saturated rings. The zero-order chi connectivity index (χ0) is 29.1. The molecule has 0 saturated carbocycles. The number of ether oxygens (including phenoxy) is 1. The van der Waals surface area contributed by atoms with Crippen LogP contribution in [0.5, 0.6) is 0 Å². The van der Waals surface area contributed by atoms with Crippen LogP contribution in [0.4, 0.5) is 19.9 Å². The molecule has 5 rings (SSSR count). The third-order valence-corrected chi connectivity index (χ3v) is 7.62. The summed E-state index contributed by atoms with van der Waals surface area (Å²) in [5.74, 6) is -0.126. The molecule has 0 unspecified atom stereocenters. The van der Waals surface area contributed by atoms with Crippen molar-refractivity contribution in [3.05, 3.63) is 60.3 Å². The van der Waals surface area contributed by atoms with E-state index in [-0.39, 0.29) is 12.6 Å². The third-order valence-electron chi connectivity index (χ3n) is 6.42. The fraction of sp³-hybridized carbons (Fsp3) is 0.345. The number of rotatable bonds is 8. The number of aromatic nitrogens is 3. The standard InChI is InChI=1S/C29H32FN7O3S/c1-29(2,3)40-28(39)36(4)17-19-16-34-24(30)15-21(19)20-7-5-6-18-14-23(41-25(18)20)22-8-9-31-26(35-22)32-10-12-37-13-11-33-27(37)38/h5-9,14-16H,10-13,17H2,1-4H3,(H,33,38)(H,31,32,35). The van der Waals surface area contributed by atoms with Crippen LogP contribution in [0.2, 0.25) is 0 Å². The fourth-order valence-corrected chi connectivity index (χ4v) is 5.66. The van der Waals surface area contributed by atoms with Crippen LogP contribution in [-0.2, 0) is 11.3 Å². The van der Waals surface area contributed by atoms with Crippen LogP contribution in [-0.4, -0.2) is 75.7 Å². The van der Waals surface area contributed by atoms with Gasteiger partial charge in [0.05, 0.1) is 17.1 Å². The van der Waals surface area contributed by atoms with Gasteiger partial charge in [-0.25, -0.2) is 24.5 Å². The van der Waals surface area contributed by atoms with Gasteiger partial charge in [0.15, 0.2) is 0 Å². The lowest BCUT2D eigenvalue weighted by molar-refractivity contribution is 0.0285. The molecule has 3 aromatic heterocycles. The predicted molar refractivity (Wildman–Crippen MR) is 157 cm³/mol. The number of carbonyl (C=O) groups is 2. The summed E-state index contributed by atoms with van der Waals surface area (Å²) >= 11 is 1.55. The number of halogens is 1. The monoisotopic (exact) mass is 577 g/mol. The highest BCUT2D eigenvalue weighted by Crippen LogP contribution is 2.40. The summed E-state index contributed by atoms with van der Waals surface area (Å²) in [6, 6.07) is 11.1. The van der Waals surface area contributed by atoms with Crippen molar-refractivity contribution in [3.8, 4) is 21.7 Å². The second kappa shape index (κ2) is 11.7. The SMILES string of the molecule is CN(Cc1cnc(F)cc1-c1cccc2cc(-c3ccnc(NCCN4CCNC4=O)n3)sc12)C(=O)OC(C)(C)C. The molecule has 0 radical (unpaired) electrons. The van der Waals surface area contributed by atoms with Gasteiger partial charge in [-0.1, -0.05) is 18.2 Å². The van der Waals surface area contributed by atoms with Gasteiger partial charge in [-0.05, 0) is 49.4 Å². The largest absolute Gasteiger partial charge is 0.444 e. The maximum absolute atomic E-state index is 14.4. The van der Waals surface area contributed by atoms with Crippen molar-refractivity contribution < 1.29 is 18.7 Å². The quantitative estimate of drug-likeness (QED) is 0.271. The topological polar surface area (TPSA) is 113 Å². The summed E-state index contributed by atoms with van der Waals surface area (Å²) in [6.45, 7) is 8.06. The first-order chi connectivity index (χ1) is 19.6. The van der Waals surface area contributed by atoms with Crippen LogP contribution in [0.3, 0.4) is 0 Å². The van der Waals surface area contributed by atoms with Gasteiger partial charge < -0.3 is 25.2 Å². The maximum atomic E-state index is 14.4. The second-order valence-electron chi connectivity index (χ2n) is 10.7. The van der Waals surface area contributed by atoms with Gasteiger partial charge in [-0.15, -0.1) is 11.3 Å². The lowest BCUT2D eigenvalue weighted by atomic mass is 10.00. The molecule has 10 nitrogen and oxygen atoms in total. The zero-order valence-corrected chi connectivity index (χ0v) is 24.2. The van der Waals surface area contributed by atoms with Crippen molar-refractivity contribution in [2.45, 2.75) is 32.9 Å². The molecule has 0 bridgehead atoms. The Morgan fingerprint density at radius 2 is 2.05 bits per heavy atom. The Balaban J connectivity index is 1.40. The fourth-order valence-electron chi connectivity index (χ4n) is 4.50. The molecule has 4 heterocycles. The molecule has 41 heavy (non-hydrogen) atoms. The molecule has 0 spiro atoms. The summed E-state index contributed by atoms with van der Waals surface area (Å²) in [7, 11) is 1.64. The van der Waals surface area contributed by atoms with Crippen molar-refractivity contribution in [3.63, 3.8) is 0 Å². The maximum Gasteiger partial charge on any atom is 0.410 e. The smallest absolute Gasteiger partial charge is 0.410 e. The highest BCUT2D eigenvalue weighted by Gasteiger charge is 2.22. The van der Waals surface area contributed by atoms with E-state index in [2.05, 4.69) is 25.6 Å². The van der Waals surface area contributed by atoms with Gasteiger partial charge in [0, 0.05) is 62.0 Å². The minimum absolute atomic E-state index is 0.0590. The Morgan fingerprint density at radius 3 is 2.80 bits per heavy atom. The zero-order valence-electron chi connectivity index (χ0n) is 23.4. The first kappa shape index (κ1) is 28.2. The molecule has 0 aliphatic carbocycles. The molecule has 3 amide bonds. The van der Waals surface area contributed by atoms with E-state index in [4.69, 9.17) is 4.74 Å². The normalized spacial score (nSPS) is 13.4. The van der Waals surface area contributed by atoms with Crippen molar-refractivity contribution in [1.29, 1.82) is 0 Å². The van der Waals surface area contributed by atoms with E-state index >= 15 is 0 Å². The lowest BCUT2D eigenvalue weighted by Crippen LogP contribution is -2.34. The molecule has 1 saturated heterocycles. The summed E-state index contributed by atoms with van der Waals surface area (Å²) in [6.07, 6.45) is 2.69. The number of fused-ring (bicyclic) bond motifs is 1. The molecule has 1 aromatic carbocycles. The van der Waals surface area contributed by atoms with Crippen molar-refractivity contribution in [2.24, 2.45) is 0 Å². The van der Waals surface area contributed by atoms with Crippen LogP contribution in [0.1, 0.15) is 26.3 Å².